The quantitative estimate of drug-likeness (QED) is 0.711. The lowest BCUT2D eigenvalue weighted by Gasteiger charge is -2.06. The minimum Gasteiger partial charge on any atom is -0.508 e. The number of benzene rings is 2. The highest BCUT2D eigenvalue weighted by atomic mass is 32.2. The minimum absolute atomic E-state index is 0.0579. The van der Waals surface area contributed by atoms with Gasteiger partial charge in [0, 0.05) is 5.39 Å². The molecular formula is C11H8O6S. The van der Waals surface area contributed by atoms with E-state index in [4.69, 9.17) is 9.66 Å². The summed E-state index contributed by atoms with van der Waals surface area (Å²) in [6, 6.07) is 5.91. The average molecular weight is 268 g/mol. The van der Waals surface area contributed by atoms with Gasteiger partial charge in [-0.25, -0.2) is 4.79 Å². The SMILES string of the molecule is O=C(O)c1cc(S(=O)(=O)O)c2cc(O)ccc2c1. The molecule has 0 aliphatic carbocycles. The first kappa shape index (κ1) is 12.3. The molecule has 94 valence electrons. The predicted octanol–water partition coefficient (Wildman–Crippen LogP) is 1.49. The summed E-state index contributed by atoms with van der Waals surface area (Å²) in [7, 11) is -4.58. The molecule has 0 radical (unpaired) electrons. The Bertz CT molecular complexity index is 747. The molecule has 2 aromatic rings. The summed E-state index contributed by atoms with van der Waals surface area (Å²) >= 11 is 0. The van der Waals surface area contributed by atoms with E-state index in [1.54, 1.807) is 0 Å². The van der Waals surface area contributed by atoms with E-state index < -0.39 is 21.0 Å². The lowest BCUT2D eigenvalue weighted by Crippen LogP contribution is -2.03. The van der Waals surface area contributed by atoms with Gasteiger partial charge in [0.05, 0.1) is 5.56 Å². The van der Waals surface area contributed by atoms with Crippen molar-refractivity contribution in [3.8, 4) is 5.75 Å². The smallest absolute Gasteiger partial charge is 0.335 e. The fourth-order valence-electron chi connectivity index (χ4n) is 1.65. The zero-order valence-electron chi connectivity index (χ0n) is 8.86. The molecule has 18 heavy (non-hydrogen) atoms. The average Bonchev–Trinajstić information content (AvgIpc) is 2.26. The third kappa shape index (κ3) is 2.13. The van der Waals surface area contributed by atoms with Crippen LogP contribution < -0.4 is 0 Å². The topological polar surface area (TPSA) is 112 Å². The third-order valence-electron chi connectivity index (χ3n) is 2.42. The van der Waals surface area contributed by atoms with Crippen molar-refractivity contribution in [1.82, 2.24) is 0 Å². The third-order valence-corrected chi connectivity index (χ3v) is 3.32. The summed E-state index contributed by atoms with van der Waals surface area (Å²) in [6.45, 7) is 0. The number of hydrogen-bond acceptors (Lipinski definition) is 4. The van der Waals surface area contributed by atoms with Gasteiger partial charge in [-0.15, -0.1) is 0 Å². The van der Waals surface area contributed by atoms with Crippen LogP contribution in [-0.2, 0) is 10.1 Å². The summed E-state index contributed by atoms with van der Waals surface area (Å²) in [4.78, 5) is 10.3. The second-order valence-corrected chi connectivity index (χ2v) is 5.05. The van der Waals surface area contributed by atoms with Gasteiger partial charge in [-0.3, -0.25) is 4.55 Å². The summed E-state index contributed by atoms with van der Waals surface area (Å²) < 4.78 is 31.5. The van der Waals surface area contributed by atoms with Gasteiger partial charge in [-0.2, -0.15) is 8.42 Å². The van der Waals surface area contributed by atoms with Crippen molar-refractivity contribution in [3.63, 3.8) is 0 Å². The van der Waals surface area contributed by atoms with Crippen LogP contribution in [0.5, 0.6) is 5.75 Å². The maximum absolute atomic E-state index is 11.2. The molecular weight excluding hydrogens is 260 g/mol. The highest BCUT2D eigenvalue weighted by molar-refractivity contribution is 7.86. The van der Waals surface area contributed by atoms with Gasteiger partial charge in [0.25, 0.3) is 10.1 Å². The van der Waals surface area contributed by atoms with Crippen LogP contribution in [0.1, 0.15) is 10.4 Å². The lowest BCUT2D eigenvalue weighted by atomic mass is 10.1. The van der Waals surface area contributed by atoms with Crippen LogP contribution in [0.15, 0.2) is 35.2 Å². The van der Waals surface area contributed by atoms with Crippen molar-refractivity contribution in [1.29, 1.82) is 0 Å². The van der Waals surface area contributed by atoms with Gasteiger partial charge in [-0.1, -0.05) is 6.07 Å². The van der Waals surface area contributed by atoms with Crippen molar-refractivity contribution in [3.05, 3.63) is 35.9 Å². The maximum atomic E-state index is 11.2. The monoisotopic (exact) mass is 268 g/mol. The Morgan fingerprint density at radius 2 is 1.78 bits per heavy atom. The molecule has 7 heteroatoms. The number of hydrogen-bond donors (Lipinski definition) is 3. The van der Waals surface area contributed by atoms with Crippen molar-refractivity contribution in [2.24, 2.45) is 0 Å². The second-order valence-electron chi connectivity index (χ2n) is 3.66. The van der Waals surface area contributed by atoms with E-state index in [0.717, 1.165) is 12.1 Å². The summed E-state index contributed by atoms with van der Waals surface area (Å²) in [5.74, 6) is -1.50. The zero-order chi connectivity index (χ0) is 13.5. The standard InChI is InChI=1S/C11H8O6S/c12-8-2-1-6-3-7(11(13)14)4-10(9(6)5-8)18(15,16)17/h1-5,12H,(H,13,14)(H,15,16,17). The number of aromatic hydroxyl groups is 1. The van der Waals surface area contributed by atoms with E-state index in [0.29, 0.717) is 5.39 Å². The van der Waals surface area contributed by atoms with Crippen molar-refractivity contribution >= 4 is 26.9 Å². The molecule has 2 aromatic carbocycles. The molecule has 0 bridgehead atoms. The van der Waals surface area contributed by atoms with Crippen LogP contribution >= 0.6 is 0 Å². The van der Waals surface area contributed by atoms with Crippen molar-refractivity contribution in [2.45, 2.75) is 4.90 Å². The molecule has 0 atom stereocenters. The van der Waals surface area contributed by atoms with E-state index in [-0.39, 0.29) is 16.7 Å². The Hall–Kier alpha value is -2.12. The molecule has 0 spiro atoms. The van der Waals surface area contributed by atoms with Gasteiger partial charge in [0.15, 0.2) is 0 Å². The number of aromatic carboxylic acids is 1. The number of phenolic OH excluding ortho intramolecular Hbond substituents is 1. The predicted molar refractivity (Wildman–Crippen MR) is 62.4 cm³/mol. The van der Waals surface area contributed by atoms with Gasteiger partial charge in [0.1, 0.15) is 10.6 Å². The van der Waals surface area contributed by atoms with Gasteiger partial charge >= 0.3 is 5.97 Å². The van der Waals surface area contributed by atoms with Gasteiger partial charge in [-0.05, 0) is 29.7 Å². The highest BCUT2D eigenvalue weighted by Crippen LogP contribution is 2.28. The van der Waals surface area contributed by atoms with E-state index in [9.17, 15) is 18.3 Å². The van der Waals surface area contributed by atoms with Crippen LogP contribution in [0.4, 0.5) is 0 Å². The Kier molecular flexibility index (Phi) is 2.72. The van der Waals surface area contributed by atoms with E-state index in [2.05, 4.69) is 0 Å². The number of phenols is 1. The van der Waals surface area contributed by atoms with Crippen LogP contribution in [0.25, 0.3) is 10.8 Å². The van der Waals surface area contributed by atoms with Gasteiger partial charge in [0.2, 0.25) is 0 Å². The Morgan fingerprint density at radius 1 is 1.11 bits per heavy atom. The van der Waals surface area contributed by atoms with Gasteiger partial charge < -0.3 is 10.2 Å². The fourth-order valence-corrected chi connectivity index (χ4v) is 2.38. The number of fused-ring (bicyclic) bond motifs is 1. The Labute approximate surface area is 102 Å². The number of carboxylic acid groups (broad SMARTS) is 1. The molecule has 0 unspecified atom stereocenters. The fraction of sp³-hybridized carbons (Fsp3) is 0. The highest BCUT2D eigenvalue weighted by Gasteiger charge is 2.18. The zero-order valence-corrected chi connectivity index (χ0v) is 9.68. The second kappa shape index (κ2) is 3.97. The Morgan fingerprint density at radius 3 is 2.33 bits per heavy atom. The molecule has 0 heterocycles. The summed E-state index contributed by atoms with van der Waals surface area (Å²) in [6.07, 6.45) is 0. The van der Waals surface area contributed by atoms with Crippen LogP contribution in [0.2, 0.25) is 0 Å². The normalized spacial score (nSPS) is 11.6. The number of rotatable bonds is 2. The summed E-state index contributed by atoms with van der Waals surface area (Å²) in [5.41, 5.74) is -0.263. The molecule has 3 N–H and O–H groups in total. The number of carbonyl (C=O) groups is 1. The molecule has 0 aliphatic rings. The lowest BCUT2D eigenvalue weighted by molar-refractivity contribution is 0.0697. The van der Waals surface area contributed by atoms with Crippen LogP contribution in [0, 0.1) is 0 Å². The summed E-state index contributed by atoms with van der Waals surface area (Å²) in [5, 5.41) is 18.5. The Balaban J connectivity index is 2.95. The molecule has 0 aromatic heterocycles. The molecule has 2 rings (SSSR count). The van der Waals surface area contributed by atoms with E-state index >= 15 is 0 Å². The molecule has 0 saturated heterocycles. The van der Waals surface area contributed by atoms with Crippen LogP contribution in [0.3, 0.4) is 0 Å². The first-order valence-corrected chi connectivity index (χ1v) is 6.20. The molecule has 0 amide bonds. The first-order valence-electron chi connectivity index (χ1n) is 4.76. The van der Waals surface area contributed by atoms with E-state index in [1.807, 2.05) is 0 Å². The molecule has 0 aliphatic heterocycles. The van der Waals surface area contributed by atoms with Crippen molar-refractivity contribution < 1.29 is 28.0 Å². The van der Waals surface area contributed by atoms with Crippen LogP contribution in [-0.4, -0.2) is 29.2 Å². The van der Waals surface area contributed by atoms with Crippen molar-refractivity contribution in [2.75, 3.05) is 0 Å². The molecule has 0 saturated carbocycles. The molecule has 0 fully saturated rings. The first-order chi connectivity index (χ1) is 8.29. The largest absolute Gasteiger partial charge is 0.508 e. The maximum Gasteiger partial charge on any atom is 0.335 e. The number of carboxylic acids is 1. The molecule has 6 nitrogen and oxygen atoms in total. The van der Waals surface area contributed by atoms with E-state index in [1.165, 1.54) is 18.2 Å². The minimum atomic E-state index is -4.58.